The number of aromatic nitrogens is 1. The monoisotopic (exact) mass is 189 g/mol. The van der Waals surface area contributed by atoms with E-state index < -0.39 is 0 Å². The topological polar surface area (TPSA) is 25.0 Å². The van der Waals surface area contributed by atoms with Gasteiger partial charge in [-0.2, -0.15) is 0 Å². The molecule has 14 heavy (non-hydrogen) atoms. The lowest BCUT2D eigenvalue weighted by atomic mass is 10.1. The number of hydrogen-bond acceptors (Lipinski definition) is 1. The highest BCUT2D eigenvalue weighted by Gasteiger charge is 2.07. The van der Waals surface area contributed by atoms with Gasteiger partial charge in [0.1, 0.15) is 5.75 Å². The third kappa shape index (κ3) is 1.27. The number of hydrogen-bond donors (Lipinski definition) is 1. The van der Waals surface area contributed by atoms with Crippen molar-refractivity contribution in [3.05, 3.63) is 29.5 Å². The van der Waals surface area contributed by atoms with Crippen molar-refractivity contribution in [3.8, 4) is 5.75 Å². The molecule has 2 nitrogen and oxygen atoms in total. The third-order valence-corrected chi connectivity index (χ3v) is 2.58. The number of methoxy groups -OCH3 is 1. The number of aromatic amines is 1. The minimum absolute atomic E-state index is 0.930. The first-order chi connectivity index (χ1) is 6.76. The molecule has 0 amide bonds. The molecule has 1 N–H and O–H groups in total. The first kappa shape index (κ1) is 9.13. The lowest BCUT2D eigenvalue weighted by Crippen LogP contribution is -1.86. The standard InChI is InChI=1S/C12H15NO/c1-4-9-7-13-12-10(9)5-8(2)6-11(12)14-3/h5-7,13H,4H2,1-3H3. The van der Waals surface area contributed by atoms with Crippen LogP contribution in [0.4, 0.5) is 0 Å². The molecule has 2 rings (SSSR count). The van der Waals surface area contributed by atoms with Gasteiger partial charge in [-0.05, 0) is 36.6 Å². The van der Waals surface area contributed by atoms with Crippen LogP contribution in [0.2, 0.25) is 0 Å². The second-order valence-electron chi connectivity index (χ2n) is 3.56. The molecule has 0 saturated heterocycles. The van der Waals surface area contributed by atoms with E-state index in [1.54, 1.807) is 7.11 Å². The molecule has 1 aromatic carbocycles. The molecular weight excluding hydrogens is 174 g/mol. The molecule has 1 heterocycles. The summed E-state index contributed by atoms with van der Waals surface area (Å²) in [5.41, 5.74) is 3.70. The van der Waals surface area contributed by atoms with E-state index in [2.05, 4.69) is 37.2 Å². The van der Waals surface area contributed by atoms with Gasteiger partial charge in [0.2, 0.25) is 0 Å². The number of fused-ring (bicyclic) bond motifs is 1. The molecule has 0 bridgehead atoms. The van der Waals surface area contributed by atoms with E-state index in [9.17, 15) is 0 Å². The number of rotatable bonds is 2. The molecule has 0 saturated carbocycles. The zero-order chi connectivity index (χ0) is 10.1. The van der Waals surface area contributed by atoms with Gasteiger partial charge in [0.25, 0.3) is 0 Å². The molecule has 0 unspecified atom stereocenters. The molecule has 2 aromatic rings. The van der Waals surface area contributed by atoms with Crippen LogP contribution in [0.5, 0.6) is 5.75 Å². The Morgan fingerprint density at radius 3 is 2.79 bits per heavy atom. The lowest BCUT2D eigenvalue weighted by molar-refractivity contribution is 0.418. The number of ether oxygens (including phenoxy) is 1. The molecule has 0 fully saturated rings. The highest BCUT2D eigenvalue weighted by Crippen LogP contribution is 2.28. The smallest absolute Gasteiger partial charge is 0.143 e. The Labute approximate surface area is 83.9 Å². The number of benzene rings is 1. The number of aryl methyl sites for hydroxylation is 2. The fraction of sp³-hybridized carbons (Fsp3) is 0.333. The molecule has 0 radical (unpaired) electrons. The summed E-state index contributed by atoms with van der Waals surface area (Å²) >= 11 is 0. The second kappa shape index (κ2) is 3.37. The predicted octanol–water partition coefficient (Wildman–Crippen LogP) is 3.05. The largest absolute Gasteiger partial charge is 0.495 e. The molecule has 0 aliphatic heterocycles. The van der Waals surface area contributed by atoms with E-state index in [0.717, 1.165) is 17.7 Å². The summed E-state index contributed by atoms with van der Waals surface area (Å²) in [5.74, 6) is 0.930. The van der Waals surface area contributed by atoms with Gasteiger partial charge in [0.15, 0.2) is 0 Å². The van der Waals surface area contributed by atoms with Gasteiger partial charge in [-0.15, -0.1) is 0 Å². The van der Waals surface area contributed by atoms with Gasteiger partial charge < -0.3 is 9.72 Å². The summed E-state index contributed by atoms with van der Waals surface area (Å²) < 4.78 is 5.33. The van der Waals surface area contributed by atoms with Crippen LogP contribution in [-0.4, -0.2) is 12.1 Å². The minimum Gasteiger partial charge on any atom is -0.495 e. The van der Waals surface area contributed by atoms with Crippen LogP contribution in [0.15, 0.2) is 18.3 Å². The highest BCUT2D eigenvalue weighted by atomic mass is 16.5. The normalized spacial score (nSPS) is 10.8. The zero-order valence-corrected chi connectivity index (χ0v) is 8.85. The van der Waals surface area contributed by atoms with Gasteiger partial charge in [-0.1, -0.05) is 6.92 Å². The van der Waals surface area contributed by atoms with E-state index >= 15 is 0 Å². The van der Waals surface area contributed by atoms with E-state index in [1.165, 1.54) is 16.5 Å². The van der Waals surface area contributed by atoms with E-state index in [1.807, 2.05) is 0 Å². The van der Waals surface area contributed by atoms with Crippen molar-refractivity contribution in [2.75, 3.05) is 7.11 Å². The summed E-state index contributed by atoms with van der Waals surface area (Å²) in [6.07, 6.45) is 3.11. The fourth-order valence-electron chi connectivity index (χ4n) is 1.85. The van der Waals surface area contributed by atoms with Gasteiger partial charge in [-0.3, -0.25) is 0 Å². The van der Waals surface area contributed by atoms with Gasteiger partial charge in [-0.25, -0.2) is 0 Å². The maximum absolute atomic E-state index is 5.33. The van der Waals surface area contributed by atoms with Crippen LogP contribution < -0.4 is 4.74 Å². The zero-order valence-electron chi connectivity index (χ0n) is 8.85. The van der Waals surface area contributed by atoms with E-state index in [-0.39, 0.29) is 0 Å². The van der Waals surface area contributed by atoms with Gasteiger partial charge in [0.05, 0.1) is 12.6 Å². The SMILES string of the molecule is CCc1c[nH]c2c(OC)cc(C)cc12. The molecule has 0 spiro atoms. The van der Waals surface area contributed by atoms with Crippen LogP contribution in [0, 0.1) is 6.92 Å². The minimum atomic E-state index is 0.930. The molecule has 1 aromatic heterocycles. The van der Waals surface area contributed by atoms with Crippen LogP contribution in [0.3, 0.4) is 0 Å². The molecule has 2 heteroatoms. The average molecular weight is 189 g/mol. The first-order valence-corrected chi connectivity index (χ1v) is 4.91. The Kier molecular flexibility index (Phi) is 2.20. The maximum Gasteiger partial charge on any atom is 0.143 e. The van der Waals surface area contributed by atoms with Crippen LogP contribution in [0.25, 0.3) is 10.9 Å². The average Bonchev–Trinajstić information content (AvgIpc) is 2.59. The van der Waals surface area contributed by atoms with Crippen molar-refractivity contribution in [2.45, 2.75) is 20.3 Å². The Morgan fingerprint density at radius 1 is 1.36 bits per heavy atom. The Morgan fingerprint density at radius 2 is 2.14 bits per heavy atom. The Bertz CT molecular complexity index is 457. The summed E-state index contributed by atoms with van der Waals surface area (Å²) in [6, 6.07) is 4.26. The molecule has 0 aliphatic carbocycles. The van der Waals surface area contributed by atoms with Crippen LogP contribution in [-0.2, 0) is 6.42 Å². The van der Waals surface area contributed by atoms with Gasteiger partial charge in [0, 0.05) is 11.6 Å². The van der Waals surface area contributed by atoms with E-state index in [0.29, 0.717) is 0 Å². The fourth-order valence-corrected chi connectivity index (χ4v) is 1.85. The van der Waals surface area contributed by atoms with Gasteiger partial charge >= 0.3 is 0 Å². The van der Waals surface area contributed by atoms with Crippen molar-refractivity contribution < 1.29 is 4.74 Å². The Hall–Kier alpha value is -1.44. The third-order valence-electron chi connectivity index (χ3n) is 2.58. The van der Waals surface area contributed by atoms with E-state index in [4.69, 9.17) is 4.74 Å². The quantitative estimate of drug-likeness (QED) is 0.771. The molecule has 0 aliphatic rings. The Balaban J connectivity index is 2.76. The van der Waals surface area contributed by atoms with Crippen molar-refractivity contribution >= 4 is 10.9 Å². The number of nitrogens with one attached hydrogen (secondary N) is 1. The molecule has 0 atom stereocenters. The summed E-state index contributed by atoms with van der Waals surface area (Å²) in [7, 11) is 1.71. The molecule has 74 valence electrons. The van der Waals surface area contributed by atoms with Crippen molar-refractivity contribution in [1.29, 1.82) is 0 Å². The highest BCUT2D eigenvalue weighted by molar-refractivity contribution is 5.89. The van der Waals surface area contributed by atoms with Crippen molar-refractivity contribution in [3.63, 3.8) is 0 Å². The van der Waals surface area contributed by atoms with Crippen LogP contribution in [0.1, 0.15) is 18.1 Å². The van der Waals surface area contributed by atoms with Crippen molar-refractivity contribution in [1.82, 2.24) is 4.98 Å². The van der Waals surface area contributed by atoms with Crippen molar-refractivity contribution in [2.24, 2.45) is 0 Å². The second-order valence-corrected chi connectivity index (χ2v) is 3.56. The molecular formula is C12H15NO. The number of H-pyrrole nitrogens is 1. The predicted molar refractivity (Wildman–Crippen MR) is 59.0 cm³/mol. The van der Waals surface area contributed by atoms with Crippen LogP contribution >= 0.6 is 0 Å². The summed E-state index contributed by atoms with van der Waals surface area (Å²) in [5, 5.41) is 1.28. The first-order valence-electron chi connectivity index (χ1n) is 4.91. The summed E-state index contributed by atoms with van der Waals surface area (Å²) in [4.78, 5) is 3.26. The maximum atomic E-state index is 5.33. The lowest BCUT2D eigenvalue weighted by Gasteiger charge is -2.03. The summed E-state index contributed by atoms with van der Waals surface area (Å²) in [6.45, 7) is 4.26.